The van der Waals surface area contributed by atoms with Crippen LogP contribution in [0.3, 0.4) is 0 Å². The van der Waals surface area contributed by atoms with Crippen LogP contribution in [0.5, 0.6) is 0 Å². The van der Waals surface area contributed by atoms with Gasteiger partial charge in [0.25, 0.3) is 0 Å². The molecule has 1 aromatic carbocycles. The van der Waals surface area contributed by atoms with E-state index in [2.05, 4.69) is 91.8 Å². The lowest BCUT2D eigenvalue weighted by Crippen LogP contribution is -2.50. The van der Waals surface area contributed by atoms with E-state index >= 15 is 0 Å². The van der Waals surface area contributed by atoms with Crippen LogP contribution in [0.4, 0.5) is 0 Å². The van der Waals surface area contributed by atoms with Crippen molar-refractivity contribution in [2.45, 2.75) is 144 Å². The van der Waals surface area contributed by atoms with Gasteiger partial charge in [-0.25, -0.2) is 0 Å². The van der Waals surface area contributed by atoms with E-state index in [1.165, 1.54) is 97.6 Å². The number of carboxylic acid groups (broad SMARTS) is 1. The second-order valence-electron chi connectivity index (χ2n) is 16.0. The Kier molecular flexibility index (Phi) is 25.3. The quantitative estimate of drug-likeness (QED) is 0.0481. The number of aliphatic hydroxyl groups excluding tert-OH is 3. The maximum absolute atomic E-state index is 12.4. The van der Waals surface area contributed by atoms with Crippen molar-refractivity contribution in [3.63, 3.8) is 0 Å². The summed E-state index contributed by atoms with van der Waals surface area (Å²) in [7, 11) is 0. The summed E-state index contributed by atoms with van der Waals surface area (Å²) in [6.07, 6.45) is 26.8. The molecule has 0 saturated heterocycles. The molecule has 0 radical (unpaired) electrons. The van der Waals surface area contributed by atoms with Gasteiger partial charge in [0.1, 0.15) is 0 Å². The molecule has 2 aromatic rings. The van der Waals surface area contributed by atoms with Gasteiger partial charge in [-0.2, -0.15) is 0 Å². The number of nitrogens with two attached hydrogens (primary N) is 1. The number of unbranched alkanes of at least 4 members (excludes halogenated alkanes) is 1. The lowest BCUT2D eigenvalue weighted by atomic mass is 10.0. The third kappa shape index (κ3) is 21.3. The molecule has 1 aliphatic rings. The Labute approximate surface area is 344 Å². The number of nitrogens with zero attached hydrogens (tertiary/aromatic N) is 1. The molecule has 8 heteroatoms. The number of benzene rings is 1. The average Bonchev–Trinajstić information content (AvgIpc) is 3.80. The largest absolute Gasteiger partial charge is 0.481 e. The van der Waals surface area contributed by atoms with E-state index < -0.39 is 37.2 Å². The van der Waals surface area contributed by atoms with Gasteiger partial charge >= 0.3 is 5.97 Å². The van der Waals surface area contributed by atoms with Crippen molar-refractivity contribution >= 4 is 11.8 Å². The molecule has 0 amide bonds. The number of aliphatic hydroxyl groups is 3. The van der Waals surface area contributed by atoms with Gasteiger partial charge in [0.2, 0.25) is 5.78 Å². The number of allylic oxidation sites excluding steroid dienone is 12. The number of hydrogen-bond acceptors (Lipinski definition) is 6. The first-order valence-corrected chi connectivity index (χ1v) is 20.6. The average molecular weight is 787 g/mol. The van der Waals surface area contributed by atoms with Crippen LogP contribution in [-0.2, 0) is 11.3 Å². The second kappa shape index (κ2) is 28.3. The van der Waals surface area contributed by atoms with Crippen LogP contribution in [-0.4, -0.2) is 62.1 Å². The molecule has 0 saturated carbocycles. The molecule has 3 rings (SSSR count). The van der Waals surface area contributed by atoms with Gasteiger partial charge in [-0.15, -0.1) is 0 Å². The van der Waals surface area contributed by atoms with Gasteiger partial charge < -0.3 is 30.7 Å². The number of hydrogen-bond donors (Lipinski definition) is 5. The first-order chi connectivity index (χ1) is 27.1. The predicted molar refractivity (Wildman–Crippen MR) is 238 cm³/mol. The Bertz CT molecular complexity index is 1610. The molecule has 1 unspecified atom stereocenters. The second-order valence-corrected chi connectivity index (χ2v) is 16.0. The molecule has 0 bridgehead atoms. The molecular formula is C49H74N2O6. The zero-order valence-electron chi connectivity index (χ0n) is 36.3. The number of carbonyl (C=O) groups excluding carboxylic acids is 1. The van der Waals surface area contributed by atoms with Crippen LogP contribution >= 0.6 is 0 Å². The van der Waals surface area contributed by atoms with E-state index in [0.29, 0.717) is 24.2 Å². The van der Waals surface area contributed by atoms with Crippen LogP contribution < -0.4 is 5.73 Å². The zero-order chi connectivity index (χ0) is 42.8. The van der Waals surface area contributed by atoms with E-state index in [1.807, 2.05) is 22.8 Å². The highest BCUT2D eigenvalue weighted by atomic mass is 16.4. The van der Waals surface area contributed by atoms with Gasteiger partial charge in [-0.3, -0.25) is 9.59 Å². The van der Waals surface area contributed by atoms with E-state index in [-0.39, 0.29) is 5.78 Å². The molecule has 0 aliphatic carbocycles. The van der Waals surface area contributed by atoms with Crippen molar-refractivity contribution in [2.24, 2.45) is 5.73 Å². The van der Waals surface area contributed by atoms with E-state index in [1.54, 1.807) is 24.3 Å². The van der Waals surface area contributed by atoms with Crippen molar-refractivity contribution in [3.8, 4) is 0 Å². The summed E-state index contributed by atoms with van der Waals surface area (Å²) in [6, 6.07) is 12.5. The van der Waals surface area contributed by atoms with Crippen molar-refractivity contribution in [2.75, 3.05) is 19.8 Å². The number of rotatable bonds is 21. The van der Waals surface area contributed by atoms with Gasteiger partial charge in [0, 0.05) is 17.8 Å². The topological polar surface area (TPSA) is 146 Å². The fraction of sp³-hybridized carbons (Fsp3) is 0.510. The molecule has 57 heavy (non-hydrogen) atoms. The van der Waals surface area contributed by atoms with Gasteiger partial charge in [-0.1, -0.05) is 100 Å². The summed E-state index contributed by atoms with van der Waals surface area (Å²) in [4.78, 5) is 23.5. The van der Waals surface area contributed by atoms with Crippen molar-refractivity contribution < 1.29 is 30.0 Å². The van der Waals surface area contributed by atoms with Crippen LogP contribution in [0, 0.1) is 0 Å². The number of aliphatic carboxylic acids is 1. The number of fused-ring (bicyclic) bond motifs is 1. The van der Waals surface area contributed by atoms with Gasteiger partial charge in [-0.05, 0) is 138 Å². The molecule has 316 valence electrons. The minimum atomic E-state index is -1.21. The summed E-state index contributed by atoms with van der Waals surface area (Å²) in [5.74, 6) is -1.37. The summed E-state index contributed by atoms with van der Waals surface area (Å²) in [5, 5.41) is 34.1. The summed E-state index contributed by atoms with van der Waals surface area (Å²) >= 11 is 0. The Morgan fingerprint density at radius 2 is 1.04 bits per heavy atom. The minimum Gasteiger partial charge on any atom is -0.481 e. The fourth-order valence-corrected chi connectivity index (χ4v) is 6.12. The van der Waals surface area contributed by atoms with E-state index in [4.69, 9.17) is 26.2 Å². The number of aromatic nitrogens is 1. The number of carboxylic acids is 1. The first-order valence-electron chi connectivity index (χ1n) is 20.6. The molecule has 1 aromatic heterocycles. The lowest BCUT2D eigenvalue weighted by molar-refractivity contribution is -0.138. The molecule has 1 atom stereocenters. The fourth-order valence-electron chi connectivity index (χ4n) is 6.12. The molecule has 8 nitrogen and oxygen atoms in total. The molecule has 6 N–H and O–H groups in total. The molecule has 0 spiro atoms. The van der Waals surface area contributed by atoms with Crippen molar-refractivity contribution in [1.29, 1.82) is 0 Å². The van der Waals surface area contributed by atoms with Crippen molar-refractivity contribution in [1.82, 2.24) is 4.57 Å². The van der Waals surface area contributed by atoms with Crippen molar-refractivity contribution in [3.05, 3.63) is 129 Å². The molecular weight excluding hydrogens is 713 g/mol. The number of carbonyl (C=O) groups is 2. The smallest absolute Gasteiger partial charge is 0.312 e. The highest BCUT2D eigenvalue weighted by molar-refractivity contribution is 6.08. The summed E-state index contributed by atoms with van der Waals surface area (Å²) in [6.45, 7) is 17.2. The highest BCUT2D eigenvalue weighted by Gasteiger charge is 2.31. The Hall–Kier alpha value is -4.08. The van der Waals surface area contributed by atoms with Crippen LogP contribution in [0.2, 0.25) is 0 Å². The molecule has 1 aliphatic heterocycles. The maximum atomic E-state index is 12.4. The third-order valence-electron chi connectivity index (χ3n) is 9.92. The van der Waals surface area contributed by atoms with Gasteiger partial charge in [0.05, 0.1) is 37.0 Å². The Morgan fingerprint density at radius 3 is 1.40 bits per heavy atom. The van der Waals surface area contributed by atoms with Crippen LogP contribution in [0.15, 0.2) is 112 Å². The van der Waals surface area contributed by atoms with Crippen LogP contribution in [0.25, 0.3) is 0 Å². The van der Waals surface area contributed by atoms with E-state index in [9.17, 15) is 9.59 Å². The monoisotopic (exact) mass is 787 g/mol. The zero-order valence-corrected chi connectivity index (χ0v) is 36.3. The standard InChI is InChI=1S/C30H50.C15H13NO3.C4H11NO3/c1-25(2)15-11-19-29(7)23-13-21-27(5)17-9-10-18-28(6)22-14-24-30(8)20-12-16-26(3)4;17-14(10-4-2-1-3-5-10)13-7-6-12-11(15(18)19)8-9-16(12)13;5-4(1-6,2-7)3-8/h15-18,23-24H,9-14,19-22H2,1-8H3;1-7,11H,8-9H2,(H,18,19);6-8H,1-3,5H2/b27-17+,28-18+,29-23+,30-24+;;. The van der Waals surface area contributed by atoms with Gasteiger partial charge in [0.15, 0.2) is 0 Å². The minimum absolute atomic E-state index is 0.0575. The highest BCUT2D eigenvalue weighted by Crippen LogP contribution is 2.31. The SMILES string of the molecule is CC(C)=CCC/C(C)=C/CC/C(C)=C/CC/C=C(\C)CC/C=C(\C)CCC=C(C)C.NC(CO)(CO)CO.O=C(c1ccccc1)c1ccc2n1CCC2C(=O)O. The molecule has 2 heterocycles. The molecule has 0 fully saturated rings. The first kappa shape index (κ1) is 50.9. The van der Waals surface area contributed by atoms with Crippen LogP contribution in [0.1, 0.15) is 154 Å². The maximum Gasteiger partial charge on any atom is 0.312 e. The Morgan fingerprint density at radius 1 is 0.632 bits per heavy atom. The summed E-state index contributed by atoms with van der Waals surface area (Å²) in [5.41, 5.74) is 14.8. The predicted octanol–water partition coefficient (Wildman–Crippen LogP) is 10.6. The number of ketones is 1. The normalized spacial score (nSPS) is 14.5. The summed E-state index contributed by atoms with van der Waals surface area (Å²) < 4.78 is 1.83. The lowest BCUT2D eigenvalue weighted by Gasteiger charge is -2.20. The van der Waals surface area contributed by atoms with E-state index in [0.717, 1.165) is 5.69 Å². The Balaban J connectivity index is 0.000000504. The third-order valence-corrected chi connectivity index (χ3v) is 9.92.